The summed E-state index contributed by atoms with van der Waals surface area (Å²) in [6.07, 6.45) is 0. The molecule has 0 unspecified atom stereocenters. The monoisotopic (exact) mass is 498 g/mol. The fraction of sp³-hybridized carbons (Fsp3) is 0.238. The number of nitrogens with one attached hydrogen (secondary N) is 2. The molecule has 0 saturated carbocycles. The van der Waals surface area contributed by atoms with E-state index in [0.717, 1.165) is 18.2 Å². The van der Waals surface area contributed by atoms with Gasteiger partial charge in [-0.1, -0.05) is 17.7 Å². The van der Waals surface area contributed by atoms with Gasteiger partial charge in [0.15, 0.2) is 21.3 Å². The molecule has 2 aromatic rings. The first-order valence-corrected chi connectivity index (χ1v) is 11.6. The topological polar surface area (TPSA) is 131 Å². The summed E-state index contributed by atoms with van der Waals surface area (Å²) in [6, 6.07) is 5.17. The molecule has 2 amide bonds. The Morgan fingerprint density at radius 3 is 2.61 bits per heavy atom. The summed E-state index contributed by atoms with van der Waals surface area (Å²) in [5.74, 6) is -2.52. The van der Waals surface area contributed by atoms with Crippen LogP contribution >= 0.6 is 11.6 Å². The van der Waals surface area contributed by atoms with Crippen molar-refractivity contribution in [3.63, 3.8) is 0 Å². The van der Waals surface area contributed by atoms with Gasteiger partial charge in [-0.15, -0.1) is 0 Å². The molecular formula is C21H20ClFN2O7S. The maximum atomic E-state index is 13.5. The normalized spacial score (nSPS) is 16.1. The Morgan fingerprint density at radius 2 is 1.97 bits per heavy atom. The van der Waals surface area contributed by atoms with Gasteiger partial charge in [0, 0.05) is 5.70 Å². The molecule has 0 aromatic heterocycles. The lowest BCUT2D eigenvalue weighted by Crippen LogP contribution is -2.47. The largest absolute Gasteiger partial charge is 0.504 e. The minimum absolute atomic E-state index is 0.00447. The maximum Gasteiger partial charge on any atom is 0.338 e. The molecule has 3 rings (SSSR count). The lowest BCUT2D eigenvalue weighted by Gasteiger charge is -2.29. The Hall–Kier alpha value is -3.31. The van der Waals surface area contributed by atoms with Crippen molar-refractivity contribution >= 4 is 33.4 Å². The van der Waals surface area contributed by atoms with Crippen molar-refractivity contribution < 1.29 is 37.0 Å². The Morgan fingerprint density at radius 1 is 1.24 bits per heavy atom. The van der Waals surface area contributed by atoms with Crippen LogP contribution in [0.15, 0.2) is 52.6 Å². The zero-order valence-corrected chi connectivity index (χ0v) is 19.1. The summed E-state index contributed by atoms with van der Waals surface area (Å²) in [6.45, 7) is 1.57. The lowest BCUT2D eigenvalue weighted by molar-refractivity contribution is -0.139. The van der Waals surface area contributed by atoms with Gasteiger partial charge in [-0.2, -0.15) is 0 Å². The highest BCUT2D eigenvalue weighted by Gasteiger charge is 2.36. The van der Waals surface area contributed by atoms with Crippen LogP contribution in [0, 0.1) is 5.82 Å². The van der Waals surface area contributed by atoms with Crippen molar-refractivity contribution in [1.29, 1.82) is 0 Å². The predicted molar refractivity (Wildman–Crippen MR) is 116 cm³/mol. The Balaban J connectivity index is 2.13. The number of hydrogen-bond donors (Lipinski definition) is 3. The Kier molecular flexibility index (Phi) is 7.13. The number of sulfone groups is 1. The van der Waals surface area contributed by atoms with Crippen LogP contribution in [0.5, 0.6) is 11.5 Å². The molecule has 1 heterocycles. The zero-order chi connectivity index (χ0) is 24.3. The van der Waals surface area contributed by atoms with Crippen LogP contribution in [0.2, 0.25) is 5.02 Å². The van der Waals surface area contributed by atoms with Crippen molar-refractivity contribution in [2.24, 2.45) is 0 Å². The molecule has 0 fully saturated rings. The summed E-state index contributed by atoms with van der Waals surface area (Å²) < 4.78 is 49.7. The van der Waals surface area contributed by atoms with Gasteiger partial charge >= 0.3 is 12.0 Å². The third-order valence-corrected chi connectivity index (χ3v) is 6.70. The van der Waals surface area contributed by atoms with Crippen molar-refractivity contribution in [1.82, 2.24) is 10.6 Å². The van der Waals surface area contributed by atoms with E-state index in [1.165, 1.54) is 25.3 Å². The van der Waals surface area contributed by atoms with Crippen LogP contribution < -0.4 is 15.4 Å². The van der Waals surface area contributed by atoms with Crippen LogP contribution in [0.4, 0.5) is 9.18 Å². The second kappa shape index (κ2) is 9.67. The summed E-state index contributed by atoms with van der Waals surface area (Å²) in [5, 5.41) is 14.4. The third kappa shape index (κ3) is 5.20. The Labute approximate surface area is 194 Å². The molecule has 0 radical (unpaired) electrons. The van der Waals surface area contributed by atoms with Crippen molar-refractivity contribution in [3.8, 4) is 11.5 Å². The van der Waals surface area contributed by atoms with E-state index in [-0.39, 0.29) is 39.3 Å². The summed E-state index contributed by atoms with van der Waals surface area (Å²) in [7, 11) is -2.83. The van der Waals surface area contributed by atoms with Crippen molar-refractivity contribution in [3.05, 3.63) is 64.1 Å². The van der Waals surface area contributed by atoms with Gasteiger partial charge in [-0.25, -0.2) is 22.4 Å². The number of amides is 2. The number of halogens is 2. The number of aromatic hydroxyl groups is 1. The number of carbonyl (C=O) groups is 2. The number of esters is 1. The first-order chi connectivity index (χ1) is 15.6. The quantitative estimate of drug-likeness (QED) is 0.395. The van der Waals surface area contributed by atoms with Gasteiger partial charge in [0.1, 0.15) is 5.82 Å². The van der Waals surface area contributed by atoms with E-state index < -0.39 is 39.4 Å². The maximum absolute atomic E-state index is 13.5. The standard InChI is InChI=1S/C21H20ClFN2O7S/c1-3-32-20(27)18-15(10-33(29,30)12-5-6-14(23)13(22)9-12)24-21(28)25-19(18)11-4-7-16(26)17(8-11)31-2/h4-9,19,26H,3,10H2,1-2H3,(H2,24,25,28)/t19-/m1/s1. The summed E-state index contributed by atoms with van der Waals surface area (Å²) >= 11 is 5.71. The third-order valence-electron chi connectivity index (χ3n) is 4.77. The molecule has 1 aliphatic rings. The van der Waals surface area contributed by atoms with Crippen LogP contribution in [0.3, 0.4) is 0 Å². The van der Waals surface area contributed by atoms with Crippen LogP contribution in [-0.2, 0) is 19.4 Å². The summed E-state index contributed by atoms with van der Waals surface area (Å²) in [4.78, 5) is 24.9. The van der Waals surface area contributed by atoms with Crippen LogP contribution in [0.25, 0.3) is 0 Å². The second-order valence-electron chi connectivity index (χ2n) is 6.91. The van der Waals surface area contributed by atoms with E-state index in [1.807, 2.05) is 0 Å². The number of carbonyl (C=O) groups excluding carboxylic acids is 2. The minimum atomic E-state index is -4.15. The van der Waals surface area contributed by atoms with Gasteiger partial charge in [-0.3, -0.25) is 0 Å². The second-order valence-corrected chi connectivity index (χ2v) is 9.31. The smallest absolute Gasteiger partial charge is 0.338 e. The molecule has 176 valence electrons. The Bertz CT molecular complexity index is 1250. The number of phenolic OH excluding ortho intramolecular Hbond substituents is 1. The number of ether oxygens (including phenoxy) is 2. The van der Waals surface area contributed by atoms with E-state index in [0.29, 0.717) is 5.56 Å². The highest BCUT2D eigenvalue weighted by molar-refractivity contribution is 7.91. The highest BCUT2D eigenvalue weighted by Crippen LogP contribution is 2.34. The van der Waals surface area contributed by atoms with E-state index in [9.17, 15) is 27.5 Å². The molecule has 0 spiro atoms. The molecule has 2 aromatic carbocycles. The van der Waals surface area contributed by atoms with E-state index >= 15 is 0 Å². The molecular weight excluding hydrogens is 479 g/mol. The van der Waals surface area contributed by atoms with Gasteiger partial charge in [0.25, 0.3) is 0 Å². The van der Waals surface area contributed by atoms with Gasteiger partial charge in [-0.05, 0) is 42.8 Å². The first kappa shape index (κ1) is 24.3. The molecule has 0 aliphatic carbocycles. The molecule has 33 heavy (non-hydrogen) atoms. The highest BCUT2D eigenvalue weighted by atomic mass is 35.5. The number of benzene rings is 2. The molecule has 12 heteroatoms. The molecule has 0 bridgehead atoms. The lowest BCUT2D eigenvalue weighted by atomic mass is 9.95. The minimum Gasteiger partial charge on any atom is -0.504 e. The fourth-order valence-corrected chi connectivity index (χ4v) is 4.84. The van der Waals surface area contributed by atoms with E-state index in [1.54, 1.807) is 6.92 Å². The number of urea groups is 1. The number of hydrogen-bond acceptors (Lipinski definition) is 7. The van der Waals surface area contributed by atoms with E-state index in [2.05, 4.69) is 10.6 Å². The average Bonchev–Trinajstić information content (AvgIpc) is 2.75. The van der Waals surface area contributed by atoms with Crippen LogP contribution in [0.1, 0.15) is 18.5 Å². The average molecular weight is 499 g/mol. The number of methoxy groups -OCH3 is 1. The number of phenols is 1. The molecule has 0 saturated heterocycles. The zero-order valence-electron chi connectivity index (χ0n) is 17.5. The molecule has 1 atom stereocenters. The number of rotatable bonds is 7. The van der Waals surface area contributed by atoms with Gasteiger partial charge < -0.3 is 25.2 Å². The first-order valence-electron chi connectivity index (χ1n) is 9.59. The van der Waals surface area contributed by atoms with Crippen molar-refractivity contribution in [2.75, 3.05) is 19.5 Å². The molecule has 3 N–H and O–H groups in total. The predicted octanol–water partition coefficient (Wildman–Crippen LogP) is 2.84. The van der Waals surface area contributed by atoms with Gasteiger partial charge in [0.05, 0.1) is 41.0 Å². The van der Waals surface area contributed by atoms with Gasteiger partial charge in [0.2, 0.25) is 0 Å². The van der Waals surface area contributed by atoms with Crippen molar-refractivity contribution in [2.45, 2.75) is 17.9 Å². The molecule has 9 nitrogen and oxygen atoms in total. The molecule has 1 aliphatic heterocycles. The fourth-order valence-electron chi connectivity index (χ4n) is 3.25. The van der Waals surface area contributed by atoms with Crippen LogP contribution in [-0.4, -0.2) is 45.0 Å². The SMILES string of the molecule is CCOC(=O)C1=C(CS(=O)(=O)c2ccc(F)c(Cl)c2)NC(=O)N[C@@H]1c1ccc(O)c(OC)c1. The summed E-state index contributed by atoms with van der Waals surface area (Å²) in [5.41, 5.74) is -0.0297. The van der Waals surface area contributed by atoms with E-state index in [4.69, 9.17) is 21.1 Å².